The van der Waals surface area contributed by atoms with Crippen LogP contribution in [0.5, 0.6) is 0 Å². The van der Waals surface area contributed by atoms with E-state index in [0.29, 0.717) is 0 Å². The maximum absolute atomic E-state index is 8.25. The van der Waals surface area contributed by atoms with Gasteiger partial charge in [-0.1, -0.05) is 25.7 Å². The van der Waals surface area contributed by atoms with Gasteiger partial charge in [-0.05, 0) is 0 Å². The Balaban J connectivity index is -0.000000189. The van der Waals surface area contributed by atoms with Crippen molar-refractivity contribution in [3.63, 3.8) is 0 Å². The molecule has 0 aromatic heterocycles. The summed E-state index contributed by atoms with van der Waals surface area (Å²) in [7, 11) is 0. The molecule has 1 fully saturated rings. The second-order valence-corrected chi connectivity index (χ2v) is 2.94. The molecule has 1 saturated carbocycles. The molecule has 1 aliphatic carbocycles. The molecular formula is C6H12N4O6Pt. The predicted molar refractivity (Wildman–Crippen MR) is 55.4 cm³/mol. The second-order valence-electron chi connectivity index (χ2n) is 2.94. The van der Waals surface area contributed by atoms with Crippen LogP contribution in [0.1, 0.15) is 25.7 Å². The monoisotopic (exact) mass is 431 g/mol. The zero-order valence-electron chi connectivity index (χ0n) is 8.64. The first-order valence-corrected chi connectivity index (χ1v) is 4.32. The fourth-order valence-electron chi connectivity index (χ4n) is 1.13. The molecular weight excluding hydrogens is 419 g/mol. The molecule has 2 N–H and O–H groups in total. The van der Waals surface area contributed by atoms with Crippen LogP contribution in [0.15, 0.2) is 0 Å². The van der Waals surface area contributed by atoms with E-state index in [4.69, 9.17) is 42.1 Å². The van der Waals surface area contributed by atoms with E-state index in [2.05, 4.69) is 0 Å². The van der Waals surface area contributed by atoms with E-state index in [1.165, 1.54) is 12.8 Å². The summed E-state index contributed by atoms with van der Waals surface area (Å²) in [5.41, 5.74) is 14.6. The van der Waals surface area contributed by atoms with Gasteiger partial charge in [0.05, 0.1) is 10.2 Å². The Morgan fingerprint density at radius 1 is 0.824 bits per heavy atom. The van der Waals surface area contributed by atoms with Crippen LogP contribution in [0.25, 0.3) is 11.5 Å². The minimum atomic E-state index is -1.75. The van der Waals surface area contributed by atoms with E-state index < -0.39 is 10.2 Å². The fraction of sp³-hybridized carbons (Fsp3) is 1.00. The largest absolute Gasteiger partial charge is 4.00 e. The van der Waals surface area contributed by atoms with Gasteiger partial charge in [0, 0.05) is 0 Å². The minimum absolute atomic E-state index is 0. The molecule has 0 aromatic carbocycles. The topological polar surface area (TPSA) is 180 Å². The number of nitrogens with one attached hydrogen (secondary N) is 2. The Morgan fingerprint density at radius 2 is 1.00 bits per heavy atom. The van der Waals surface area contributed by atoms with E-state index in [-0.39, 0.29) is 33.1 Å². The van der Waals surface area contributed by atoms with Crippen LogP contribution in [0.3, 0.4) is 0 Å². The molecule has 0 aliphatic heterocycles. The van der Waals surface area contributed by atoms with E-state index in [1.807, 2.05) is 0 Å². The molecule has 1 rings (SSSR count). The van der Waals surface area contributed by atoms with Gasteiger partial charge in [0.2, 0.25) is 0 Å². The van der Waals surface area contributed by atoms with Gasteiger partial charge in [-0.3, -0.25) is 0 Å². The standard InChI is InChI=1S/C6H12N2.2NO3.Pt/c7-5-3-1-2-4-6(5)8;2*2-1(3)4;/h5-8H,1-4H2;;;/q-2;2*-1;+4. The molecule has 0 amide bonds. The van der Waals surface area contributed by atoms with Gasteiger partial charge in [0.25, 0.3) is 0 Å². The van der Waals surface area contributed by atoms with Crippen LogP contribution < -0.4 is 0 Å². The number of hydrogen-bond donors (Lipinski definition) is 0. The summed E-state index contributed by atoms with van der Waals surface area (Å²) in [5.74, 6) is 0. The molecule has 2 unspecified atom stereocenters. The molecule has 10 nitrogen and oxygen atoms in total. The first-order valence-electron chi connectivity index (χ1n) is 4.32. The van der Waals surface area contributed by atoms with E-state index >= 15 is 0 Å². The third-order valence-corrected chi connectivity index (χ3v) is 1.77. The van der Waals surface area contributed by atoms with E-state index in [1.54, 1.807) is 0 Å². The molecule has 1 aliphatic rings. The quantitative estimate of drug-likeness (QED) is 0.417. The maximum Gasteiger partial charge on any atom is 4.00 e. The van der Waals surface area contributed by atoms with Gasteiger partial charge in [-0.15, -0.1) is 0 Å². The van der Waals surface area contributed by atoms with Crippen molar-refractivity contribution in [2.75, 3.05) is 0 Å². The molecule has 17 heavy (non-hydrogen) atoms. The normalized spacial score (nSPS) is 21.5. The van der Waals surface area contributed by atoms with Crippen LogP contribution in [-0.4, -0.2) is 22.3 Å². The Labute approximate surface area is 111 Å². The van der Waals surface area contributed by atoms with Crippen LogP contribution in [-0.2, 0) is 21.1 Å². The van der Waals surface area contributed by atoms with Gasteiger partial charge >= 0.3 is 21.1 Å². The zero-order chi connectivity index (χ0) is 13.1. The molecule has 102 valence electrons. The van der Waals surface area contributed by atoms with Crippen molar-refractivity contribution < 1.29 is 31.2 Å². The third kappa shape index (κ3) is 25.4. The Bertz CT molecular complexity index is 189. The van der Waals surface area contributed by atoms with Gasteiger partial charge < -0.3 is 42.1 Å². The number of rotatable bonds is 0. The summed E-state index contributed by atoms with van der Waals surface area (Å²) in [4.78, 5) is 16.5. The van der Waals surface area contributed by atoms with Gasteiger partial charge in [0.15, 0.2) is 0 Å². The third-order valence-electron chi connectivity index (χ3n) is 1.77. The van der Waals surface area contributed by atoms with Crippen molar-refractivity contribution >= 4 is 0 Å². The average molecular weight is 431 g/mol. The van der Waals surface area contributed by atoms with Crippen molar-refractivity contribution in [2.24, 2.45) is 0 Å². The second kappa shape index (κ2) is 13.1. The summed E-state index contributed by atoms with van der Waals surface area (Å²) < 4.78 is 0. The van der Waals surface area contributed by atoms with Gasteiger partial charge in [0.1, 0.15) is 0 Å². The van der Waals surface area contributed by atoms with Crippen molar-refractivity contribution in [1.82, 2.24) is 0 Å². The van der Waals surface area contributed by atoms with Crippen LogP contribution in [0.4, 0.5) is 0 Å². The Morgan fingerprint density at radius 3 is 1.12 bits per heavy atom. The SMILES string of the molecule is O=[N+]([O-])[O-].O=[N+]([O-])[O-].[NH-]C1CCCCC1[NH-].[Pt+4]. The van der Waals surface area contributed by atoms with E-state index in [9.17, 15) is 0 Å². The predicted octanol–water partition coefficient (Wildman–Crippen LogP) is 1.92. The van der Waals surface area contributed by atoms with Gasteiger partial charge in [-0.25, -0.2) is 0 Å². The molecule has 2 atom stereocenters. The minimum Gasteiger partial charge on any atom is -0.676 e. The summed E-state index contributed by atoms with van der Waals surface area (Å²) >= 11 is 0. The Hall–Kier alpha value is -0.992. The molecule has 11 heteroatoms. The summed E-state index contributed by atoms with van der Waals surface area (Å²) in [6.45, 7) is 0. The summed E-state index contributed by atoms with van der Waals surface area (Å²) in [5, 5.41) is 29.5. The zero-order valence-corrected chi connectivity index (χ0v) is 10.9. The molecule has 0 spiro atoms. The van der Waals surface area contributed by atoms with Crippen molar-refractivity contribution in [3.8, 4) is 0 Å². The molecule has 0 heterocycles. The van der Waals surface area contributed by atoms with Crippen molar-refractivity contribution in [2.45, 2.75) is 37.8 Å². The fourth-order valence-corrected chi connectivity index (χ4v) is 1.13. The molecule has 0 bridgehead atoms. The van der Waals surface area contributed by atoms with Crippen molar-refractivity contribution in [1.29, 1.82) is 0 Å². The average Bonchev–Trinajstić information content (AvgIpc) is 2.08. The van der Waals surface area contributed by atoms with Crippen molar-refractivity contribution in [3.05, 3.63) is 42.1 Å². The molecule has 0 aromatic rings. The molecule has 0 saturated heterocycles. The summed E-state index contributed by atoms with van der Waals surface area (Å²) in [6, 6.07) is -0.160. The van der Waals surface area contributed by atoms with Crippen LogP contribution in [0, 0.1) is 30.6 Å². The first kappa shape index (κ1) is 21.3. The smallest absolute Gasteiger partial charge is 0.676 e. The number of hydrogen-bond acceptors (Lipinski definition) is 6. The molecule has 0 radical (unpaired) electrons. The summed E-state index contributed by atoms with van der Waals surface area (Å²) in [6.07, 6.45) is 4.25. The number of nitrogens with zero attached hydrogens (tertiary/aromatic N) is 2. The van der Waals surface area contributed by atoms with Crippen LogP contribution in [0.2, 0.25) is 0 Å². The first-order chi connectivity index (χ1) is 7.27. The Kier molecular flexibility index (Phi) is 16.4. The van der Waals surface area contributed by atoms with Gasteiger partial charge in [-0.2, -0.15) is 12.1 Å². The maximum atomic E-state index is 8.25. The van der Waals surface area contributed by atoms with Crippen LogP contribution >= 0.6 is 0 Å². The van der Waals surface area contributed by atoms with E-state index in [0.717, 1.165) is 12.8 Å².